The van der Waals surface area contributed by atoms with Gasteiger partial charge < -0.3 is 4.90 Å². The van der Waals surface area contributed by atoms with Crippen LogP contribution in [-0.2, 0) is 6.54 Å². The molecule has 0 saturated carbocycles. The first-order valence-electron chi connectivity index (χ1n) is 10.1. The van der Waals surface area contributed by atoms with E-state index in [1.165, 1.54) is 34.6 Å². The van der Waals surface area contributed by atoms with Gasteiger partial charge in [-0.3, -0.25) is 9.69 Å². The Morgan fingerprint density at radius 2 is 1.64 bits per heavy atom. The Labute approximate surface area is 176 Å². The van der Waals surface area contributed by atoms with Crippen molar-refractivity contribution < 1.29 is 4.79 Å². The van der Waals surface area contributed by atoms with Crippen molar-refractivity contribution in [1.82, 2.24) is 9.80 Å². The van der Waals surface area contributed by atoms with Gasteiger partial charge in [-0.15, -0.1) is 23.5 Å². The Hall–Kier alpha value is -1.43. The Bertz CT molecular complexity index is 795. The third-order valence-electron chi connectivity index (χ3n) is 5.57. The number of thioether (sulfide) groups is 2. The van der Waals surface area contributed by atoms with Gasteiger partial charge in [-0.2, -0.15) is 0 Å². The predicted molar refractivity (Wildman–Crippen MR) is 121 cm³/mol. The van der Waals surface area contributed by atoms with E-state index in [2.05, 4.69) is 48.2 Å². The molecule has 2 aliphatic heterocycles. The minimum absolute atomic E-state index is 0.172. The zero-order chi connectivity index (χ0) is 19.3. The summed E-state index contributed by atoms with van der Waals surface area (Å²) in [4.78, 5) is 17.4. The molecule has 2 fully saturated rings. The number of rotatable bonds is 4. The summed E-state index contributed by atoms with van der Waals surface area (Å²) in [6.07, 6.45) is 1.30. The van der Waals surface area contributed by atoms with Crippen LogP contribution in [0.2, 0.25) is 0 Å². The van der Waals surface area contributed by atoms with Gasteiger partial charge in [-0.25, -0.2) is 0 Å². The summed E-state index contributed by atoms with van der Waals surface area (Å²) >= 11 is 4.05. The topological polar surface area (TPSA) is 23.6 Å². The molecule has 0 radical (unpaired) electrons. The smallest absolute Gasteiger partial charge is 0.253 e. The molecule has 0 atom stereocenters. The number of benzene rings is 2. The second kappa shape index (κ2) is 9.38. The molecule has 0 N–H and O–H groups in total. The average molecular weight is 413 g/mol. The van der Waals surface area contributed by atoms with Crippen molar-refractivity contribution in [1.29, 1.82) is 0 Å². The third kappa shape index (κ3) is 4.76. The number of hydrogen-bond donors (Lipinski definition) is 0. The number of piperazine rings is 1. The molecule has 2 aromatic rings. The van der Waals surface area contributed by atoms with Crippen LogP contribution >= 0.6 is 23.5 Å². The zero-order valence-corrected chi connectivity index (χ0v) is 18.1. The largest absolute Gasteiger partial charge is 0.336 e. The fraction of sp³-hybridized carbons (Fsp3) is 0.435. The maximum atomic E-state index is 12.9. The molecule has 0 aliphatic carbocycles. The number of hydrogen-bond acceptors (Lipinski definition) is 4. The highest BCUT2D eigenvalue weighted by atomic mass is 32.2. The van der Waals surface area contributed by atoms with E-state index >= 15 is 0 Å². The number of carbonyl (C=O) groups excluding carboxylic acids is 1. The Morgan fingerprint density at radius 3 is 2.32 bits per heavy atom. The van der Waals surface area contributed by atoms with Crippen LogP contribution in [0, 0.1) is 6.92 Å². The Morgan fingerprint density at radius 1 is 0.964 bits per heavy atom. The van der Waals surface area contributed by atoms with Gasteiger partial charge in [0.1, 0.15) is 0 Å². The lowest BCUT2D eigenvalue weighted by Gasteiger charge is -2.35. The molecule has 28 heavy (non-hydrogen) atoms. The van der Waals surface area contributed by atoms with E-state index in [-0.39, 0.29) is 5.91 Å². The van der Waals surface area contributed by atoms with Crippen molar-refractivity contribution in [2.45, 2.75) is 24.5 Å². The fourth-order valence-electron chi connectivity index (χ4n) is 3.78. The molecule has 2 aliphatic rings. The van der Waals surface area contributed by atoms with Crippen molar-refractivity contribution in [3.63, 3.8) is 0 Å². The van der Waals surface area contributed by atoms with Crippen molar-refractivity contribution in [2.75, 3.05) is 37.7 Å². The third-order valence-corrected chi connectivity index (χ3v) is 8.59. The first-order valence-corrected chi connectivity index (χ1v) is 12.2. The summed E-state index contributed by atoms with van der Waals surface area (Å²) in [7, 11) is 0. The van der Waals surface area contributed by atoms with Crippen LogP contribution in [0.25, 0.3) is 0 Å². The highest BCUT2D eigenvalue weighted by Crippen LogP contribution is 2.43. The molecule has 3 nitrogen and oxygen atoms in total. The summed E-state index contributed by atoms with van der Waals surface area (Å²) in [5.74, 6) is 2.65. The van der Waals surface area contributed by atoms with Crippen molar-refractivity contribution in [2.24, 2.45) is 0 Å². The van der Waals surface area contributed by atoms with Crippen LogP contribution in [0.3, 0.4) is 0 Å². The molecule has 148 valence electrons. The molecule has 4 rings (SSSR count). The molecule has 0 unspecified atom stereocenters. The Kier molecular flexibility index (Phi) is 6.65. The van der Waals surface area contributed by atoms with E-state index < -0.39 is 0 Å². The van der Waals surface area contributed by atoms with Crippen LogP contribution < -0.4 is 0 Å². The summed E-state index contributed by atoms with van der Waals surface area (Å²) in [6, 6.07) is 16.9. The maximum Gasteiger partial charge on any atom is 0.253 e. The van der Waals surface area contributed by atoms with Gasteiger partial charge in [0.05, 0.1) is 4.58 Å². The first kappa shape index (κ1) is 19.9. The highest BCUT2D eigenvalue weighted by Gasteiger charge is 2.23. The molecular formula is C23H28N2OS2. The zero-order valence-electron chi connectivity index (χ0n) is 16.5. The highest BCUT2D eigenvalue weighted by molar-refractivity contribution is 8.16. The van der Waals surface area contributed by atoms with Crippen LogP contribution in [-0.4, -0.2) is 53.4 Å². The predicted octanol–water partition coefficient (Wildman–Crippen LogP) is 4.82. The quantitative estimate of drug-likeness (QED) is 0.718. The average Bonchev–Trinajstić information content (AvgIpc) is 2.76. The molecule has 1 amide bonds. The summed E-state index contributed by atoms with van der Waals surface area (Å²) in [6.45, 7) is 6.63. The van der Waals surface area contributed by atoms with Gasteiger partial charge in [0.25, 0.3) is 5.91 Å². The fourth-order valence-corrected chi connectivity index (χ4v) is 6.68. The molecule has 0 bridgehead atoms. The van der Waals surface area contributed by atoms with Crippen molar-refractivity contribution >= 4 is 29.4 Å². The lowest BCUT2D eigenvalue weighted by molar-refractivity contribution is 0.0628. The van der Waals surface area contributed by atoms with E-state index in [0.717, 1.165) is 38.3 Å². The standard InChI is InChI=1S/C23H28N2OS2/c1-18-5-2-3-6-21(18)17-24-11-13-25(14-12-24)22(26)19-7-9-20(10-8-19)23-27-15-4-16-28-23/h2-3,5-10,23H,4,11-17H2,1H3. The molecule has 2 heterocycles. The van der Waals surface area contributed by atoms with Crippen molar-refractivity contribution in [3.8, 4) is 0 Å². The molecular weight excluding hydrogens is 384 g/mol. The molecule has 0 aromatic heterocycles. The molecule has 2 aromatic carbocycles. The number of carbonyl (C=O) groups is 1. The number of amides is 1. The van der Waals surface area contributed by atoms with Crippen LogP contribution in [0.1, 0.15) is 38.1 Å². The van der Waals surface area contributed by atoms with Gasteiger partial charge in [0, 0.05) is 38.3 Å². The number of aryl methyl sites for hydroxylation is 1. The van der Waals surface area contributed by atoms with Gasteiger partial charge >= 0.3 is 0 Å². The summed E-state index contributed by atoms with van der Waals surface area (Å²) in [5.41, 5.74) is 4.89. The summed E-state index contributed by atoms with van der Waals surface area (Å²) in [5, 5.41) is 0. The minimum Gasteiger partial charge on any atom is -0.336 e. The second-order valence-corrected chi connectivity index (χ2v) is 10.3. The lowest BCUT2D eigenvalue weighted by Crippen LogP contribution is -2.48. The lowest BCUT2D eigenvalue weighted by atomic mass is 10.1. The number of nitrogens with zero attached hydrogens (tertiary/aromatic N) is 2. The summed E-state index contributed by atoms with van der Waals surface area (Å²) < 4.78 is 0.530. The maximum absolute atomic E-state index is 12.9. The van der Waals surface area contributed by atoms with Gasteiger partial charge in [-0.05, 0) is 53.7 Å². The molecule has 5 heteroatoms. The van der Waals surface area contributed by atoms with E-state index in [4.69, 9.17) is 0 Å². The molecule has 2 saturated heterocycles. The van der Waals surface area contributed by atoms with E-state index in [1.54, 1.807) is 0 Å². The van der Waals surface area contributed by atoms with E-state index in [9.17, 15) is 4.79 Å². The van der Waals surface area contributed by atoms with Gasteiger partial charge in [-0.1, -0.05) is 36.4 Å². The second-order valence-electron chi connectivity index (χ2n) is 7.54. The molecule has 0 spiro atoms. The van der Waals surface area contributed by atoms with E-state index in [1.807, 2.05) is 40.6 Å². The van der Waals surface area contributed by atoms with Crippen LogP contribution in [0.15, 0.2) is 48.5 Å². The Balaban J connectivity index is 1.31. The van der Waals surface area contributed by atoms with Crippen molar-refractivity contribution in [3.05, 3.63) is 70.8 Å². The SMILES string of the molecule is Cc1ccccc1CN1CCN(C(=O)c2ccc(C3SCCCS3)cc2)CC1. The van der Waals surface area contributed by atoms with E-state index in [0.29, 0.717) is 4.58 Å². The first-order chi connectivity index (χ1) is 13.7. The normalized spacial score (nSPS) is 19.0. The van der Waals surface area contributed by atoms with Gasteiger partial charge in [0.15, 0.2) is 0 Å². The van der Waals surface area contributed by atoms with Crippen LogP contribution in [0.4, 0.5) is 0 Å². The van der Waals surface area contributed by atoms with Gasteiger partial charge in [0.2, 0.25) is 0 Å². The monoisotopic (exact) mass is 412 g/mol. The van der Waals surface area contributed by atoms with Crippen LogP contribution in [0.5, 0.6) is 0 Å². The minimum atomic E-state index is 0.172.